The monoisotopic (exact) mass is 468 g/mol. The molecule has 1 aliphatic carbocycles. The molecule has 0 radical (unpaired) electrons. The van der Waals surface area contributed by atoms with Gasteiger partial charge in [-0.2, -0.15) is 0 Å². The maximum absolute atomic E-state index is 14.6. The van der Waals surface area contributed by atoms with Crippen molar-refractivity contribution >= 4 is 43.8 Å². The lowest BCUT2D eigenvalue weighted by molar-refractivity contribution is -0.0607. The summed E-state index contributed by atoms with van der Waals surface area (Å²) < 4.78 is 69.3. The fourth-order valence-corrected chi connectivity index (χ4v) is 5.47. The van der Waals surface area contributed by atoms with Gasteiger partial charge in [0.2, 0.25) is 5.92 Å². The lowest BCUT2D eigenvalue weighted by Crippen LogP contribution is -2.50. The number of nitrogens with zero attached hydrogens (tertiary/aromatic N) is 2. The van der Waals surface area contributed by atoms with E-state index in [1.807, 2.05) is 0 Å². The second kappa shape index (κ2) is 8.29. The first-order valence-corrected chi connectivity index (χ1v) is 11.4. The zero-order chi connectivity index (χ0) is 21.4. The molecule has 0 saturated heterocycles. The standard InChI is InChI=1S/C17H20ClF3N4O2S2/c1-25(2)14-9-17(20,21)4-3-12(14)23-13-8-11(19)15(7-10(13)18)29(26,27)24-16-22-5-6-28-16/h5-8,12,14,23H,3-4,9H2,1-2H3,(H,22,24)/t12-,14-/m0/s1. The number of likely N-dealkylation sites (N-methyl/N-ethyl adjacent to an activating group) is 1. The second-order valence-electron chi connectivity index (χ2n) is 7.09. The Morgan fingerprint density at radius 2 is 2.07 bits per heavy atom. The molecule has 1 aromatic carbocycles. The number of benzene rings is 1. The summed E-state index contributed by atoms with van der Waals surface area (Å²) in [5.74, 6) is -3.77. The molecular formula is C17H20ClF3N4O2S2. The molecule has 160 valence electrons. The van der Waals surface area contributed by atoms with Crippen molar-refractivity contribution in [2.45, 2.75) is 42.2 Å². The number of halogens is 4. The number of thiazole rings is 1. The molecule has 0 bridgehead atoms. The number of sulfonamides is 1. The highest BCUT2D eigenvalue weighted by molar-refractivity contribution is 7.93. The number of hydrogen-bond acceptors (Lipinski definition) is 6. The van der Waals surface area contributed by atoms with Crippen LogP contribution in [0.5, 0.6) is 0 Å². The van der Waals surface area contributed by atoms with Gasteiger partial charge in [0.05, 0.1) is 10.7 Å². The largest absolute Gasteiger partial charge is 0.379 e. The van der Waals surface area contributed by atoms with Crippen LogP contribution in [0, 0.1) is 5.82 Å². The quantitative estimate of drug-likeness (QED) is 0.662. The van der Waals surface area contributed by atoms with E-state index < -0.39 is 38.7 Å². The van der Waals surface area contributed by atoms with Crippen LogP contribution in [0.3, 0.4) is 0 Å². The Morgan fingerprint density at radius 1 is 1.34 bits per heavy atom. The minimum atomic E-state index is -4.22. The fraction of sp³-hybridized carbons (Fsp3) is 0.471. The van der Waals surface area contributed by atoms with Crippen molar-refractivity contribution in [2.75, 3.05) is 24.1 Å². The van der Waals surface area contributed by atoms with Crippen LogP contribution in [-0.2, 0) is 10.0 Å². The highest BCUT2D eigenvalue weighted by atomic mass is 35.5. The van der Waals surface area contributed by atoms with Crippen LogP contribution in [0.1, 0.15) is 19.3 Å². The average molecular weight is 469 g/mol. The third-order valence-electron chi connectivity index (χ3n) is 4.76. The zero-order valence-electron chi connectivity index (χ0n) is 15.6. The molecule has 0 aliphatic heterocycles. The molecule has 2 N–H and O–H groups in total. The van der Waals surface area contributed by atoms with Crippen LogP contribution >= 0.6 is 22.9 Å². The number of rotatable bonds is 6. The molecule has 0 unspecified atom stereocenters. The molecule has 1 aliphatic rings. The minimum absolute atomic E-state index is 0.0271. The van der Waals surface area contributed by atoms with E-state index in [1.54, 1.807) is 24.4 Å². The SMILES string of the molecule is CN(C)[C@H]1CC(F)(F)CC[C@@H]1Nc1cc(F)c(S(=O)(=O)Nc2nccs2)cc1Cl. The van der Waals surface area contributed by atoms with Gasteiger partial charge in [-0.15, -0.1) is 11.3 Å². The number of anilines is 2. The molecule has 6 nitrogen and oxygen atoms in total. The van der Waals surface area contributed by atoms with E-state index in [9.17, 15) is 21.6 Å². The molecule has 0 spiro atoms. The lowest BCUT2D eigenvalue weighted by atomic mass is 9.86. The normalized spacial score (nSPS) is 21.9. The first-order valence-electron chi connectivity index (χ1n) is 8.71. The van der Waals surface area contributed by atoms with Gasteiger partial charge in [0, 0.05) is 36.5 Å². The Labute approximate surface area is 176 Å². The van der Waals surface area contributed by atoms with Gasteiger partial charge < -0.3 is 10.2 Å². The molecule has 1 fully saturated rings. The molecule has 1 aromatic heterocycles. The third-order valence-corrected chi connectivity index (χ3v) is 7.25. The summed E-state index contributed by atoms with van der Waals surface area (Å²) in [6, 6.07) is 1.08. The van der Waals surface area contributed by atoms with E-state index in [4.69, 9.17) is 11.6 Å². The molecule has 1 saturated carbocycles. The van der Waals surface area contributed by atoms with Crippen molar-refractivity contribution in [3.8, 4) is 0 Å². The molecule has 2 aromatic rings. The van der Waals surface area contributed by atoms with Crippen LogP contribution in [0.2, 0.25) is 5.02 Å². The summed E-state index contributed by atoms with van der Waals surface area (Å²) in [6.07, 6.45) is 0.953. The smallest absolute Gasteiger partial charge is 0.266 e. The topological polar surface area (TPSA) is 74.3 Å². The zero-order valence-corrected chi connectivity index (χ0v) is 18.0. The van der Waals surface area contributed by atoms with Gasteiger partial charge >= 0.3 is 0 Å². The van der Waals surface area contributed by atoms with Crippen LogP contribution < -0.4 is 10.0 Å². The Kier molecular flexibility index (Phi) is 6.32. The fourth-order valence-electron chi connectivity index (χ4n) is 3.31. The summed E-state index contributed by atoms with van der Waals surface area (Å²) in [5.41, 5.74) is 0.152. The third kappa shape index (κ3) is 5.14. The molecule has 0 amide bonds. The summed E-state index contributed by atoms with van der Waals surface area (Å²) in [4.78, 5) is 4.87. The Morgan fingerprint density at radius 3 is 2.69 bits per heavy atom. The van der Waals surface area contributed by atoms with E-state index in [1.165, 1.54) is 6.20 Å². The molecule has 12 heteroatoms. The van der Waals surface area contributed by atoms with Crippen molar-refractivity contribution in [3.63, 3.8) is 0 Å². The first kappa shape index (κ1) is 22.1. The van der Waals surface area contributed by atoms with Gasteiger partial charge in [-0.3, -0.25) is 4.72 Å². The van der Waals surface area contributed by atoms with Crippen molar-refractivity contribution in [3.05, 3.63) is 34.5 Å². The molecule has 1 heterocycles. The number of aromatic nitrogens is 1. The van der Waals surface area contributed by atoms with Gasteiger partial charge in [0.1, 0.15) is 10.7 Å². The number of nitrogens with one attached hydrogen (secondary N) is 2. The van der Waals surface area contributed by atoms with Gasteiger partial charge in [-0.05, 0) is 32.6 Å². The average Bonchev–Trinajstić information content (AvgIpc) is 3.11. The molecule has 29 heavy (non-hydrogen) atoms. The van der Waals surface area contributed by atoms with Crippen LogP contribution in [0.4, 0.5) is 24.0 Å². The van der Waals surface area contributed by atoms with Crippen molar-refractivity contribution < 1.29 is 21.6 Å². The maximum atomic E-state index is 14.6. The van der Waals surface area contributed by atoms with E-state index in [2.05, 4.69) is 15.0 Å². The summed E-state index contributed by atoms with van der Waals surface area (Å²) >= 11 is 7.24. The minimum Gasteiger partial charge on any atom is -0.379 e. The van der Waals surface area contributed by atoms with E-state index in [0.29, 0.717) is 0 Å². The Bertz CT molecular complexity index is 971. The van der Waals surface area contributed by atoms with Gasteiger partial charge in [0.15, 0.2) is 5.13 Å². The highest BCUT2D eigenvalue weighted by Gasteiger charge is 2.42. The van der Waals surface area contributed by atoms with Crippen molar-refractivity contribution in [2.24, 2.45) is 0 Å². The lowest BCUT2D eigenvalue weighted by Gasteiger charge is -2.40. The number of hydrogen-bond donors (Lipinski definition) is 2. The number of alkyl halides is 2. The summed E-state index contributed by atoms with van der Waals surface area (Å²) in [7, 11) is -0.828. The van der Waals surface area contributed by atoms with E-state index in [-0.39, 0.29) is 35.1 Å². The van der Waals surface area contributed by atoms with Crippen LogP contribution in [0.15, 0.2) is 28.6 Å². The van der Waals surface area contributed by atoms with Crippen LogP contribution in [-0.4, -0.2) is 50.4 Å². The van der Waals surface area contributed by atoms with Crippen molar-refractivity contribution in [1.29, 1.82) is 0 Å². The highest BCUT2D eigenvalue weighted by Crippen LogP contribution is 2.38. The molecule has 3 rings (SSSR count). The molecule has 2 atom stereocenters. The second-order valence-corrected chi connectivity index (χ2v) is 10.0. The van der Waals surface area contributed by atoms with E-state index in [0.717, 1.165) is 23.5 Å². The summed E-state index contributed by atoms with van der Waals surface area (Å²) in [6.45, 7) is 0. The van der Waals surface area contributed by atoms with Crippen molar-refractivity contribution in [1.82, 2.24) is 9.88 Å². The Balaban J connectivity index is 1.84. The first-order chi connectivity index (χ1) is 13.5. The molecular weight excluding hydrogens is 449 g/mol. The predicted octanol–water partition coefficient (Wildman–Crippen LogP) is 4.27. The van der Waals surface area contributed by atoms with Gasteiger partial charge in [-0.25, -0.2) is 26.6 Å². The van der Waals surface area contributed by atoms with Gasteiger partial charge in [0.25, 0.3) is 10.0 Å². The maximum Gasteiger partial charge on any atom is 0.266 e. The van der Waals surface area contributed by atoms with Crippen LogP contribution in [0.25, 0.3) is 0 Å². The van der Waals surface area contributed by atoms with E-state index >= 15 is 0 Å². The van der Waals surface area contributed by atoms with Gasteiger partial charge in [-0.1, -0.05) is 11.6 Å². The Hall–Kier alpha value is -1.56. The summed E-state index contributed by atoms with van der Waals surface area (Å²) in [5, 5.41) is 4.65. The predicted molar refractivity (Wildman–Crippen MR) is 108 cm³/mol.